The smallest absolute Gasteiger partial charge is 0.0101 e. The van der Waals surface area contributed by atoms with Gasteiger partial charge in [0.25, 0.3) is 0 Å². The lowest BCUT2D eigenvalue weighted by Crippen LogP contribution is -2.27. The molecule has 0 N–H and O–H groups in total. The van der Waals surface area contributed by atoms with Crippen LogP contribution < -0.4 is 0 Å². The Bertz CT molecular complexity index is 91.4. The molecule has 2 unspecified atom stereocenters. The van der Waals surface area contributed by atoms with Gasteiger partial charge >= 0.3 is 0 Å². The fraction of sp³-hybridized carbons (Fsp3) is 1.00. The van der Waals surface area contributed by atoms with Crippen LogP contribution in [-0.2, 0) is 0 Å². The van der Waals surface area contributed by atoms with Crippen molar-refractivity contribution in [1.82, 2.24) is 0 Å². The third-order valence-electron chi connectivity index (χ3n) is 2.61. The molecule has 0 aliphatic heterocycles. The van der Waals surface area contributed by atoms with Gasteiger partial charge in [0.2, 0.25) is 0 Å². The molecule has 0 nitrogen and oxygen atoms in total. The zero-order valence-corrected chi connectivity index (χ0v) is 8.70. The molecule has 0 saturated carbocycles. The SMILES string of the molecule is CCC(C)C(C)C(C)(C)S. The minimum atomic E-state index is 0.176. The van der Waals surface area contributed by atoms with Gasteiger partial charge in [-0.3, -0.25) is 0 Å². The molecule has 0 aliphatic rings. The van der Waals surface area contributed by atoms with E-state index in [1.807, 2.05) is 0 Å². The van der Waals surface area contributed by atoms with Gasteiger partial charge in [-0.15, -0.1) is 0 Å². The third kappa shape index (κ3) is 2.96. The predicted octanol–water partition coefficient (Wildman–Crippen LogP) is 3.38. The Balaban J connectivity index is 3.94. The molecule has 10 heavy (non-hydrogen) atoms. The van der Waals surface area contributed by atoms with Crippen LogP contribution in [0.1, 0.15) is 41.0 Å². The fourth-order valence-electron chi connectivity index (χ4n) is 1.05. The van der Waals surface area contributed by atoms with Crippen molar-refractivity contribution in [2.24, 2.45) is 11.8 Å². The van der Waals surface area contributed by atoms with Crippen LogP contribution in [0.25, 0.3) is 0 Å². The second-order valence-electron chi connectivity index (χ2n) is 3.83. The summed E-state index contributed by atoms with van der Waals surface area (Å²) in [6.45, 7) is 11.2. The van der Waals surface area contributed by atoms with E-state index < -0.39 is 0 Å². The lowest BCUT2D eigenvalue weighted by molar-refractivity contribution is 0.318. The van der Waals surface area contributed by atoms with Crippen molar-refractivity contribution in [2.75, 3.05) is 0 Å². The first kappa shape index (κ1) is 10.3. The van der Waals surface area contributed by atoms with Crippen molar-refractivity contribution < 1.29 is 0 Å². The van der Waals surface area contributed by atoms with Gasteiger partial charge in [0, 0.05) is 4.75 Å². The molecule has 0 spiro atoms. The molecule has 0 rings (SSSR count). The van der Waals surface area contributed by atoms with Crippen LogP contribution in [-0.4, -0.2) is 4.75 Å². The minimum absolute atomic E-state index is 0.176. The molecule has 0 aliphatic carbocycles. The van der Waals surface area contributed by atoms with E-state index in [0.717, 1.165) is 5.92 Å². The highest BCUT2D eigenvalue weighted by Gasteiger charge is 2.24. The molecular weight excluding hydrogens is 140 g/mol. The quantitative estimate of drug-likeness (QED) is 0.601. The van der Waals surface area contributed by atoms with Crippen molar-refractivity contribution in [3.63, 3.8) is 0 Å². The van der Waals surface area contributed by atoms with Crippen LogP contribution in [0.2, 0.25) is 0 Å². The topological polar surface area (TPSA) is 0 Å². The van der Waals surface area contributed by atoms with Crippen molar-refractivity contribution in [1.29, 1.82) is 0 Å². The summed E-state index contributed by atoms with van der Waals surface area (Å²) in [5, 5.41) is 0. The van der Waals surface area contributed by atoms with E-state index in [4.69, 9.17) is 0 Å². The van der Waals surface area contributed by atoms with Gasteiger partial charge in [-0.05, 0) is 11.8 Å². The van der Waals surface area contributed by atoms with Gasteiger partial charge in [-0.1, -0.05) is 41.0 Å². The van der Waals surface area contributed by atoms with E-state index in [1.165, 1.54) is 6.42 Å². The van der Waals surface area contributed by atoms with Gasteiger partial charge < -0.3 is 0 Å². The van der Waals surface area contributed by atoms with Crippen LogP contribution in [0.5, 0.6) is 0 Å². The normalized spacial score (nSPS) is 18.6. The van der Waals surface area contributed by atoms with E-state index in [-0.39, 0.29) is 4.75 Å². The molecule has 0 aromatic carbocycles. The van der Waals surface area contributed by atoms with Crippen LogP contribution in [0.3, 0.4) is 0 Å². The monoisotopic (exact) mass is 160 g/mol. The molecule has 2 atom stereocenters. The summed E-state index contributed by atoms with van der Waals surface area (Å²) >= 11 is 4.54. The first-order valence-electron chi connectivity index (χ1n) is 4.12. The average Bonchev–Trinajstić information content (AvgIpc) is 1.83. The highest BCUT2D eigenvalue weighted by Crippen LogP contribution is 2.30. The summed E-state index contributed by atoms with van der Waals surface area (Å²) < 4.78 is 0.176. The molecule has 0 bridgehead atoms. The number of hydrogen-bond acceptors (Lipinski definition) is 1. The Morgan fingerprint density at radius 2 is 1.70 bits per heavy atom. The van der Waals surface area contributed by atoms with E-state index in [1.54, 1.807) is 0 Å². The maximum Gasteiger partial charge on any atom is 0.0101 e. The van der Waals surface area contributed by atoms with Gasteiger partial charge in [-0.25, -0.2) is 0 Å². The molecule has 0 amide bonds. The van der Waals surface area contributed by atoms with Crippen molar-refractivity contribution in [2.45, 2.75) is 45.8 Å². The summed E-state index contributed by atoms with van der Waals surface area (Å²) in [7, 11) is 0. The van der Waals surface area contributed by atoms with Crippen molar-refractivity contribution in [3.8, 4) is 0 Å². The lowest BCUT2D eigenvalue weighted by Gasteiger charge is -2.30. The van der Waals surface area contributed by atoms with Gasteiger partial charge in [-0.2, -0.15) is 12.6 Å². The highest BCUT2D eigenvalue weighted by molar-refractivity contribution is 7.81. The Hall–Kier alpha value is 0.350. The standard InChI is InChI=1S/C9H20S/c1-6-7(2)8(3)9(4,5)10/h7-8,10H,6H2,1-5H3. The summed E-state index contributed by atoms with van der Waals surface area (Å²) in [5.74, 6) is 1.48. The number of rotatable bonds is 3. The van der Waals surface area contributed by atoms with Gasteiger partial charge in [0.1, 0.15) is 0 Å². The zero-order valence-electron chi connectivity index (χ0n) is 7.81. The van der Waals surface area contributed by atoms with E-state index in [2.05, 4.69) is 47.2 Å². The average molecular weight is 160 g/mol. The highest BCUT2D eigenvalue weighted by atomic mass is 32.1. The Morgan fingerprint density at radius 1 is 1.30 bits per heavy atom. The van der Waals surface area contributed by atoms with Crippen LogP contribution in [0.4, 0.5) is 0 Å². The van der Waals surface area contributed by atoms with Gasteiger partial charge in [0.15, 0.2) is 0 Å². The maximum atomic E-state index is 4.54. The Labute approximate surface area is 70.8 Å². The molecule has 62 valence electrons. The second-order valence-corrected chi connectivity index (χ2v) is 4.98. The lowest BCUT2D eigenvalue weighted by atomic mass is 9.84. The third-order valence-corrected chi connectivity index (χ3v) is 3.02. The molecule has 0 aromatic heterocycles. The number of thiol groups is 1. The molecular formula is C9H20S. The summed E-state index contributed by atoms with van der Waals surface area (Å²) in [6, 6.07) is 0. The second kappa shape index (κ2) is 3.66. The fourth-order valence-corrected chi connectivity index (χ4v) is 1.30. The van der Waals surface area contributed by atoms with Crippen LogP contribution >= 0.6 is 12.6 Å². The van der Waals surface area contributed by atoms with Crippen molar-refractivity contribution >= 4 is 12.6 Å². The van der Waals surface area contributed by atoms with Gasteiger partial charge in [0.05, 0.1) is 0 Å². The summed E-state index contributed by atoms with van der Waals surface area (Å²) in [4.78, 5) is 0. The molecule has 1 heteroatoms. The van der Waals surface area contributed by atoms with Crippen LogP contribution in [0, 0.1) is 11.8 Å². The minimum Gasteiger partial charge on any atom is -0.173 e. The Morgan fingerprint density at radius 3 is 1.80 bits per heavy atom. The van der Waals surface area contributed by atoms with E-state index in [0.29, 0.717) is 5.92 Å². The number of hydrogen-bond donors (Lipinski definition) is 1. The maximum absolute atomic E-state index is 4.54. The molecule has 0 fully saturated rings. The van der Waals surface area contributed by atoms with E-state index in [9.17, 15) is 0 Å². The zero-order chi connectivity index (χ0) is 8.36. The first-order chi connectivity index (χ1) is 4.39. The molecule has 0 saturated heterocycles. The predicted molar refractivity (Wildman–Crippen MR) is 51.7 cm³/mol. The van der Waals surface area contributed by atoms with E-state index >= 15 is 0 Å². The van der Waals surface area contributed by atoms with Crippen LogP contribution in [0.15, 0.2) is 0 Å². The summed E-state index contributed by atoms with van der Waals surface area (Å²) in [5.41, 5.74) is 0. The molecule has 0 radical (unpaired) electrons. The largest absolute Gasteiger partial charge is 0.173 e. The summed E-state index contributed by atoms with van der Waals surface area (Å²) in [6.07, 6.45) is 1.26. The first-order valence-corrected chi connectivity index (χ1v) is 4.56. The molecule has 0 aromatic rings. The Kier molecular flexibility index (Phi) is 3.79. The molecule has 0 heterocycles. The van der Waals surface area contributed by atoms with Crippen molar-refractivity contribution in [3.05, 3.63) is 0 Å².